The van der Waals surface area contributed by atoms with Gasteiger partial charge in [0.05, 0.1) is 34.8 Å². The number of nitrogens with zero attached hydrogens (tertiary/aromatic N) is 3. The molecular formula is C33H46ClN5O4S. The van der Waals surface area contributed by atoms with Crippen molar-refractivity contribution < 1.29 is 17.9 Å². The third-order valence-corrected chi connectivity index (χ3v) is 10.6. The van der Waals surface area contributed by atoms with Crippen molar-refractivity contribution in [3.8, 4) is 5.75 Å². The van der Waals surface area contributed by atoms with Crippen LogP contribution < -0.4 is 15.4 Å². The summed E-state index contributed by atoms with van der Waals surface area (Å²) in [4.78, 5) is 11.7. The number of piperidine rings is 1. The van der Waals surface area contributed by atoms with Crippen LogP contribution >= 0.6 is 11.6 Å². The summed E-state index contributed by atoms with van der Waals surface area (Å²) in [6, 6.07) is 10.9. The van der Waals surface area contributed by atoms with E-state index in [2.05, 4.69) is 45.4 Å². The van der Waals surface area contributed by atoms with E-state index in [-0.39, 0.29) is 9.92 Å². The van der Waals surface area contributed by atoms with Crippen LogP contribution in [0.4, 0.5) is 23.1 Å². The standard InChI is InChI=1S/C33H46ClN5O4S/c1-6-18-43-19-14-25-11-15-39(16-12-25)17-13-26-21-30(42-5)29(20-24(26)4)37-33-35-22-27(34)32(38-33)36-28-9-7-8-10-31(28)44(40,41)23(2)3/h7-10,20-23,25H,6,11-19H2,1-5H3,(H2,35,36,37,38). The molecule has 9 nitrogen and oxygen atoms in total. The summed E-state index contributed by atoms with van der Waals surface area (Å²) in [7, 11) is -1.88. The fraction of sp³-hybridized carbons (Fsp3) is 0.515. The molecule has 2 aromatic carbocycles. The zero-order valence-electron chi connectivity index (χ0n) is 26.5. The first-order valence-corrected chi connectivity index (χ1v) is 17.4. The molecule has 1 saturated heterocycles. The van der Waals surface area contributed by atoms with Crippen LogP contribution in [0, 0.1) is 12.8 Å². The van der Waals surface area contributed by atoms with Gasteiger partial charge in [-0.2, -0.15) is 4.98 Å². The molecule has 0 amide bonds. The Hall–Kier alpha value is -2.92. The zero-order chi connectivity index (χ0) is 31.7. The highest BCUT2D eigenvalue weighted by molar-refractivity contribution is 7.92. The van der Waals surface area contributed by atoms with Gasteiger partial charge < -0.3 is 25.0 Å². The van der Waals surface area contributed by atoms with Crippen molar-refractivity contribution in [2.75, 3.05) is 50.6 Å². The van der Waals surface area contributed by atoms with E-state index in [1.165, 1.54) is 31.0 Å². The number of likely N-dealkylation sites (tertiary alicyclic amines) is 1. The SMILES string of the molecule is CCCOCCC1CCN(CCc2cc(OC)c(Nc3ncc(Cl)c(Nc4ccccc4S(=O)(=O)C(C)C)n3)cc2C)CC1. The molecule has 2 N–H and O–H groups in total. The topological polar surface area (TPSA) is 106 Å². The Morgan fingerprint density at radius 2 is 1.84 bits per heavy atom. The van der Waals surface area contributed by atoms with E-state index in [1.54, 1.807) is 45.2 Å². The first-order valence-electron chi connectivity index (χ1n) is 15.5. The predicted octanol–water partition coefficient (Wildman–Crippen LogP) is 7.19. The van der Waals surface area contributed by atoms with Crippen LogP contribution in [-0.4, -0.2) is 68.5 Å². The van der Waals surface area contributed by atoms with Crippen LogP contribution in [0.15, 0.2) is 47.5 Å². The lowest BCUT2D eigenvalue weighted by atomic mass is 9.93. The molecule has 240 valence electrons. The number of methoxy groups -OCH3 is 1. The fourth-order valence-corrected chi connectivity index (χ4v) is 6.71. The van der Waals surface area contributed by atoms with Crippen molar-refractivity contribution in [1.29, 1.82) is 0 Å². The molecule has 11 heteroatoms. The van der Waals surface area contributed by atoms with Crippen LogP contribution in [0.25, 0.3) is 0 Å². The third-order valence-electron chi connectivity index (χ3n) is 8.14. The van der Waals surface area contributed by atoms with Crippen molar-refractivity contribution in [3.63, 3.8) is 0 Å². The molecule has 3 aromatic rings. The minimum absolute atomic E-state index is 0.188. The maximum Gasteiger partial charge on any atom is 0.229 e. The number of aromatic nitrogens is 2. The molecule has 0 spiro atoms. The molecule has 1 aliphatic rings. The summed E-state index contributed by atoms with van der Waals surface area (Å²) in [5.74, 6) is 2.05. The Balaban J connectivity index is 1.41. The summed E-state index contributed by atoms with van der Waals surface area (Å²) in [5, 5.41) is 6.05. The van der Waals surface area contributed by atoms with E-state index in [1.807, 2.05) is 6.07 Å². The van der Waals surface area contributed by atoms with Gasteiger partial charge in [0.25, 0.3) is 0 Å². The van der Waals surface area contributed by atoms with Crippen molar-refractivity contribution in [3.05, 3.63) is 58.7 Å². The van der Waals surface area contributed by atoms with E-state index >= 15 is 0 Å². The predicted molar refractivity (Wildman–Crippen MR) is 179 cm³/mol. The quantitative estimate of drug-likeness (QED) is 0.166. The molecule has 44 heavy (non-hydrogen) atoms. The largest absolute Gasteiger partial charge is 0.495 e. The summed E-state index contributed by atoms with van der Waals surface area (Å²) in [6.45, 7) is 12.6. The molecule has 0 saturated carbocycles. The van der Waals surface area contributed by atoms with Crippen molar-refractivity contribution in [2.24, 2.45) is 5.92 Å². The molecule has 0 radical (unpaired) electrons. The molecule has 1 aromatic heterocycles. The average molecular weight is 644 g/mol. The average Bonchev–Trinajstić information content (AvgIpc) is 3.01. The molecule has 4 rings (SSSR count). The molecule has 0 bridgehead atoms. The molecule has 0 unspecified atom stereocenters. The van der Waals surface area contributed by atoms with Crippen molar-refractivity contribution in [2.45, 2.75) is 69.9 Å². The molecule has 0 aliphatic carbocycles. The van der Waals surface area contributed by atoms with Crippen LogP contribution in [0.1, 0.15) is 57.6 Å². The first kappa shape index (κ1) is 34.0. The Morgan fingerprint density at radius 3 is 2.55 bits per heavy atom. The lowest BCUT2D eigenvalue weighted by Crippen LogP contribution is -2.35. The number of anilines is 4. The number of aryl methyl sites for hydroxylation is 1. The van der Waals surface area contributed by atoms with Crippen molar-refractivity contribution >= 4 is 44.6 Å². The van der Waals surface area contributed by atoms with Gasteiger partial charge in [0.15, 0.2) is 15.7 Å². The van der Waals surface area contributed by atoms with Crippen LogP contribution in [0.2, 0.25) is 5.02 Å². The lowest BCUT2D eigenvalue weighted by molar-refractivity contribution is 0.102. The van der Waals surface area contributed by atoms with Gasteiger partial charge in [0.1, 0.15) is 10.8 Å². The number of nitrogens with one attached hydrogen (secondary N) is 2. The van der Waals surface area contributed by atoms with Gasteiger partial charge in [-0.1, -0.05) is 30.7 Å². The van der Waals surface area contributed by atoms with E-state index in [4.69, 9.17) is 21.1 Å². The monoisotopic (exact) mass is 643 g/mol. The highest BCUT2D eigenvalue weighted by atomic mass is 35.5. The minimum Gasteiger partial charge on any atom is -0.495 e. The summed E-state index contributed by atoms with van der Waals surface area (Å²) in [6.07, 6.45) is 7.14. The Bertz CT molecular complexity index is 1490. The Morgan fingerprint density at radius 1 is 1.09 bits per heavy atom. The number of hydrogen-bond acceptors (Lipinski definition) is 9. The number of para-hydroxylation sites is 1. The number of ether oxygens (including phenoxy) is 2. The Kier molecular flexibility index (Phi) is 12.3. The van der Waals surface area contributed by atoms with E-state index in [9.17, 15) is 8.42 Å². The van der Waals surface area contributed by atoms with Gasteiger partial charge in [-0.15, -0.1) is 0 Å². The van der Waals surface area contributed by atoms with Gasteiger partial charge in [-0.3, -0.25) is 0 Å². The van der Waals surface area contributed by atoms with Crippen LogP contribution in [-0.2, 0) is 21.0 Å². The molecular weight excluding hydrogens is 598 g/mol. The smallest absolute Gasteiger partial charge is 0.229 e. The maximum atomic E-state index is 12.9. The lowest BCUT2D eigenvalue weighted by Gasteiger charge is -2.32. The minimum atomic E-state index is -3.53. The summed E-state index contributed by atoms with van der Waals surface area (Å²) in [5.41, 5.74) is 3.52. The summed E-state index contributed by atoms with van der Waals surface area (Å²) < 4.78 is 37.3. The van der Waals surface area contributed by atoms with Crippen molar-refractivity contribution in [1.82, 2.24) is 14.9 Å². The van der Waals surface area contributed by atoms with Gasteiger partial charge >= 0.3 is 0 Å². The highest BCUT2D eigenvalue weighted by Gasteiger charge is 2.23. The number of rotatable bonds is 15. The van der Waals surface area contributed by atoms with Crippen LogP contribution in [0.3, 0.4) is 0 Å². The van der Waals surface area contributed by atoms with E-state index < -0.39 is 15.1 Å². The van der Waals surface area contributed by atoms with Gasteiger partial charge in [-0.05, 0) is 107 Å². The number of hydrogen-bond donors (Lipinski definition) is 2. The van der Waals surface area contributed by atoms with Crippen LogP contribution in [0.5, 0.6) is 5.75 Å². The second-order valence-electron chi connectivity index (χ2n) is 11.6. The number of halogens is 1. The second-order valence-corrected chi connectivity index (χ2v) is 14.5. The molecule has 1 fully saturated rings. The molecule has 2 heterocycles. The molecule has 1 aliphatic heterocycles. The van der Waals surface area contributed by atoms with Gasteiger partial charge in [0, 0.05) is 19.8 Å². The van der Waals surface area contributed by atoms with Gasteiger partial charge in [-0.25, -0.2) is 13.4 Å². The maximum absolute atomic E-state index is 12.9. The normalized spacial score (nSPS) is 14.6. The highest BCUT2D eigenvalue weighted by Crippen LogP contribution is 2.33. The van der Waals surface area contributed by atoms with E-state index in [0.29, 0.717) is 23.2 Å². The number of benzene rings is 2. The number of sulfone groups is 1. The zero-order valence-corrected chi connectivity index (χ0v) is 28.1. The van der Waals surface area contributed by atoms with Gasteiger partial charge in [0.2, 0.25) is 5.95 Å². The second kappa shape index (κ2) is 15.9. The molecule has 0 atom stereocenters. The summed E-state index contributed by atoms with van der Waals surface area (Å²) >= 11 is 6.42. The fourth-order valence-electron chi connectivity index (χ4n) is 5.37. The van der Waals surface area contributed by atoms with E-state index in [0.717, 1.165) is 62.9 Å². The Labute approximate surface area is 267 Å². The third kappa shape index (κ3) is 8.84. The first-order chi connectivity index (χ1) is 21.1.